The molecule has 2 aromatic heterocycles. The quantitative estimate of drug-likeness (QED) is 0.343. The first-order valence-electron chi connectivity index (χ1n) is 18.5. The van der Waals surface area contributed by atoms with E-state index in [1.54, 1.807) is 14.4 Å². The molecule has 16 nitrogen and oxygen atoms in total. The lowest BCUT2D eigenvalue weighted by Crippen LogP contribution is -2.58. The number of ether oxygens (including phenoxy) is 3. The number of fused-ring (bicyclic) bond motifs is 4. The Morgan fingerprint density at radius 1 is 0.842 bits per heavy atom. The summed E-state index contributed by atoms with van der Waals surface area (Å²) in [5.74, 6) is -7.81. The molecule has 2 aliphatic carbocycles. The lowest BCUT2D eigenvalue weighted by molar-refractivity contribution is -0.101. The number of aromatic hydroxyl groups is 1. The van der Waals surface area contributed by atoms with Crippen molar-refractivity contribution in [3.05, 3.63) is 90.5 Å². The van der Waals surface area contributed by atoms with Gasteiger partial charge in [0.25, 0.3) is 17.7 Å². The summed E-state index contributed by atoms with van der Waals surface area (Å²) < 4.78 is 61.1. The first-order valence-corrected chi connectivity index (χ1v) is 18.5. The summed E-state index contributed by atoms with van der Waals surface area (Å²) in [4.78, 5) is 79.0. The van der Waals surface area contributed by atoms with E-state index in [0.717, 1.165) is 19.3 Å². The van der Waals surface area contributed by atoms with E-state index in [-0.39, 0.29) is 41.2 Å². The van der Waals surface area contributed by atoms with Crippen LogP contribution in [0.1, 0.15) is 112 Å². The third-order valence-electron chi connectivity index (χ3n) is 12.0. The summed E-state index contributed by atoms with van der Waals surface area (Å²) in [6, 6.07) is -0.0357. The van der Waals surface area contributed by atoms with Crippen molar-refractivity contribution in [3.63, 3.8) is 0 Å². The molecule has 9 rings (SSSR count). The van der Waals surface area contributed by atoms with Gasteiger partial charge in [-0.25, -0.2) is 18.0 Å². The fourth-order valence-corrected chi connectivity index (χ4v) is 9.68. The zero-order chi connectivity index (χ0) is 40.9. The second-order valence-corrected chi connectivity index (χ2v) is 15.1. The van der Waals surface area contributed by atoms with Gasteiger partial charge in [0.2, 0.25) is 10.9 Å². The normalized spacial score (nSPS) is 27.8. The van der Waals surface area contributed by atoms with E-state index in [1.165, 1.54) is 24.1 Å². The molecule has 2 saturated heterocycles. The van der Waals surface area contributed by atoms with Crippen molar-refractivity contribution in [2.75, 3.05) is 20.3 Å². The molecule has 1 aromatic carbocycles. The Labute approximate surface area is 321 Å². The minimum atomic E-state index is -1.34. The van der Waals surface area contributed by atoms with Crippen LogP contribution in [0.15, 0.2) is 34.1 Å². The molecule has 0 bridgehead atoms. The van der Waals surface area contributed by atoms with Crippen LogP contribution < -0.4 is 20.9 Å². The van der Waals surface area contributed by atoms with Gasteiger partial charge >= 0.3 is 5.97 Å². The largest absolute Gasteiger partial charge is 0.503 e. The van der Waals surface area contributed by atoms with Gasteiger partial charge in [-0.15, -0.1) is 0 Å². The number of carboxylic acid groups (broad SMARTS) is 1. The van der Waals surface area contributed by atoms with Gasteiger partial charge < -0.3 is 48.7 Å². The summed E-state index contributed by atoms with van der Waals surface area (Å²) in [5.41, 5.74) is -5.09. The minimum absolute atomic E-state index is 0.106. The maximum Gasteiger partial charge on any atom is 0.341 e. The maximum absolute atomic E-state index is 13.9. The second kappa shape index (κ2) is 13.5. The predicted octanol–water partition coefficient (Wildman–Crippen LogP) is 3.05. The lowest BCUT2D eigenvalue weighted by atomic mass is 9.98. The third kappa shape index (κ3) is 5.41. The fraction of sp³-hybridized carbons (Fsp3) is 0.474. The van der Waals surface area contributed by atoms with E-state index in [4.69, 9.17) is 14.2 Å². The van der Waals surface area contributed by atoms with Crippen LogP contribution in [0, 0.1) is 17.5 Å². The first-order chi connectivity index (χ1) is 27.1. The summed E-state index contributed by atoms with van der Waals surface area (Å²) in [6.07, 6.45) is 6.66. The van der Waals surface area contributed by atoms with Crippen LogP contribution in [0.25, 0.3) is 0 Å². The number of methoxy groups -OCH3 is 1. The van der Waals surface area contributed by atoms with Crippen LogP contribution in [-0.4, -0.2) is 96.7 Å². The molecular formula is C38H38F3N5O11. The van der Waals surface area contributed by atoms with Crippen molar-refractivity contribution in [3.8, 4) is 11.5 Å². The van der Waals surface area contributed by atoms with Crippen molar-refractivity contribution in [1.82, 2.24) is 24.3 Å². The number of halogens is 3. The molecule has 3 aromatic rings. The van der Waals surface area contributed by atoms with E-state index in [1.807, 2.05) is 13.8 Å². The number of hydrogen-bond acceptors (Lipinski definition) is 10. The highest BCUT2D eigenvalue weighted by Gasteiger charge is 2.62. The van der Waals surface area contributed by atoms with Gasteiger partial charge in [0.05, 0.1) is 44.5 Å². The van der Waals surface area contributed by atoms with Crippen LogP contribution >= 0.6 is 0 Å². The molecule has 2 spiro atoms. The van der Waals surface area contributed by atoms with E-state index >= 15 is 0 Å². The SMILES string of the molecule is COc1c2n(cc(C(=O)O)c1=O)[C@H]1CCC[C@]13OC[C@@H](C)N3C2=O.C[C@@H]1CO[C@@]23CCC[C@@H]2n2cc(C(=O)NCc4c(F)cc(F)cc4F)c(=O)c(O)c2C(=O)N13. The second-order valence-electron chi connectivity index (χ2n) is 15.1. The number of rotatable bonds is 5. The van der Waals surface area contributed by atoms with Gasteiger partial charge in [-0.3, -0.25) is 24.0 Å². The van der Waals surface area contributed by atoms with E-state index in [0.29, 0.717) is 44.6 Å². The molecule has 6 atom stereocenters. The Balaban J connectivity index is 0.000000168. The number of carboxylic acids is 1. The molecule has 6 aliphatic rings. The zero-order valence-corrected chi connectivity index (χ0v) is 31.0. The van der Waals surface area contributed by atoms with E-state index in [2.05, 4.69) is 5.32 Å². The van der Waals surface area contributed by atoms with E-state index in [9.17, 15) is 52.2 Å². The number of aromatic carboxylic acids is 1. The molecule has 19 heteroatoms. The highest BCUT2D eigenvalue weighted by atomic mass is 19.1. The predicted molar refractivity (Wildman–Crippen MR) is 188 cm³/mol. The van der Waals surface area contributed by atoms with Gasteiger partial charge in [-0.2, -0.15) is 0 Å². The molecule has 3 N–H and O–H groups in total. The van der Waals surface area contributed by atoms with Crippen LogP contribution in [0.3, 0.4) is 0 Å². The van der Waals surface area contributed by atoms with Crippen LogP contribution in [-0.2, 0) is 16.0 Å². The van der Waals surface area contributed by atoms with E-state index < -0.39 is 92.6 Å². The standard InChI is InChI=1S/C22H20F3N3O5.C16H18N2O6/c1-10-9-33-22-4-2-3-16(22)27-8-13(18(29)19(30)17(27)21(32)28(10)22)20(31)26-7-12-14(24)5-11(23)6-15(12)25;1-8-7-24-16-5-3-4-10(16)17-6-9(15(21)22)12(19)13(23-2)11(17)14(20)18(8)16/h5-6,8,10,16,30H,2-4,7,9H2,1H3,(H,26,31);6,8,10H,3-5,7H2,1-2H3,(H,21,22)/t10-,16+,22+;8-,10+,16+/m11/s1. The number of pyridine rings is 2. The Kier molecular flexibility index (Phi) is 9.02. The molecule has 0 radical (unpaired) electrons. The molecule has 0 unspecified atom stereocenters. The average Bonchev–Trinajstić information content (AvgIpc) is 3.94. The van der Waals surface area contributed by atoms with Crippen molar-refractivity contribution in [2.24, 2.45) is 0 Å². The van der Waals surface area contributed by atoms with Gasteiger partial charge in [0.1, 0.15) is 28.6 Å². The third-order valence-corrected chi connectivity index (χ3v) is 12.0. The smallest absolute Gasteiger partial charge is 0.341 e. The molecule has 4 fully saturated rings. The number of aromatic nitrogens is 2. The summed E-state index contributed by atoms with van der Waals surface area (Å²) >= 11 is 0. The number of carbonyl (C=O) groups is 4. The highest BCUT2D eigenvalue weighted by molar-refractivity contribution is 6.00. The first kappa shape index (κ1) is 38.2. The highest BCUT2D eigenvalue weighted by Crippen LogP contribution is 2.54. The van der Waals surface area contributed by atoms with Gasteiger partial charge in [0.15, 0.2) is 34.3 Å². The molecule has 57 heavy (non-hydrogen) atoms. The fourth-order valence-electron chi connectivity index (χ4n) is 9.68. The Bertz CT molecular complexity index is 2380. The topological polar surface area (TPSA) is 199 Å². The Hall–Kier alpha value is -5.69. The monoisotopic (exact) mass is 797 g/mol. The number of benzene rings is 1. The van der Waals surface area contributed by atoms with Crippen LogP contribution in [0.4, 0.5) is 13.2 Å². The molecule has 6 heterocycles. The number of hydrogen-bond donors (Lipinski definition) is 3. The molecule has 302 valence electrons. The van der Waals surface area contributed by atoms with Crippen molar-refractivity contribution >= 4 is 23.7 Å². The van der Waals surface area contributed by atoms with Crippen molar-refractivity contribution in [1.29, 1.82) is 0 Å². The Morgan fingerprint density at radius 2 is 1.35 bits per heavy atom. The maximum atomic E-state index is 13.9. The Morgan fingerprint density at radius 3 is 1.88 bits per heavy atom. The molecule has 3 amide bonds. The minimum Gasteiger partial charge on any atom is -0.503 e. The van der Waals surface area contributed by atoms with Crippen LogP contribution in [0.2, 0.25) is 0 Å². The molecular weight excluding hydrogens is 759 g/mol. The molecule has 4 aliphatic heterocycles. The van der Waals surface area contributed by atoms with Crippen LogP contribution in [0.5, 0.6) is 11.5 Å². The summed E-state index contributed by atoms with van der Waals surface area (Å²) in [5, 5.41) is 22.2. The number of carbonyl (C=O) groups excluding carboxylic acids is 3. The summed E-state index contributed by atoms with van der Waals surface area (Å²) in [7, 11) is 1.27. The lowest BCUT2D eigenvalue weighted by Gasteiger charge is -2.45. The number of nitrogens with zero attached hydrogens (tertiary/aromatic N) is 4. The summed E-state index contributed by atoms with van der Waals surface area (Å²) in [6.45, 7) is 3.81. The molecule has 2 saturated carbocycles. The van der Waals surface area contributed by atoms with Gasteiger partial charge in [-0.1, -0.05) is 0 Å². The van der Waals surface area contributed by atoms with Gasteiger partial charge in [-0.05, 0) is 52.4 Å². The number of amides is 3. The number of nitrogens with one attached hydrogen (secondary N) is 1. The van der Waals surface area contributed by atoms with Crippen molar-refractivity contribution in [2.45, 2.75) is 94.5 Å². The van der Waals surface area contributed by atoms with Crippen molar-refractivity contribution < 1.29 is 56.8 Å². The zero-order valence-electron chi connectivity index (χ0n) is 31.0. The average molecular weight is 798 g/mol. The van der Waals surface area contributed by atoms with Gasteiger partial charge in [0, 0.05) is 36.6 Å².